The van der Waals surface area contributed by atoms with Crippen molar-refractivity contribution in [1.29, 1.82) is 0 Å². The highest BCUT2D eigenvalue weighted by atomic mass is 79.9. The van der Waals surface area contributed by atoms with Crippen LogP contribution in [0.25, 0.3) is 0 Å². The van der Waals surface area contributed by atoms with Crippen molar-refractivity contribution in [3.8, 4) is 5.75 Å². The molecule has 0 fully saturated rings. The highest BCUT2D eigenvalue weighted by Crippen LogP contribution is 2.29. The van der Waals surface area contributed by atoms with Gasteiger partial charge in [0.2, 0.25) is 0 Å². The molecule has 0 heterocycles. The Balaban J connectivity index is 2.87. The van der Waals surface area contributed by atoms with E-state index in [1.165, 1.54) is 0 Å². The molecule has 16 heavy (non-hydrogen) atoms. The fraction of sp³-hybridized carbons (Fsp3) is 0.538. The van der Waals surface area contributed by atoms with Crippen molar-refractivity contribution in [1.82, 2.24) is 0 Å². The van der Waals surface area contributed by atoms with E-state index in [9.17, 15) is 5.11 Å². The topological polar surface area (TPSA) is 29.5 Å². The lowest BCUT2D eigenvalue weighted by atomic mass is 10.1. The van der Waals surface area contributed by atoms with Gasteiger partial charge < -0.3 is 9.84 Å². The van der Waals surface area contributed by atoms with Crippen molar-refractivity contribution in [2.24, 2.45) is 0 Å². The molecule has 2 nitrogen and oxygen atoms in total. The maximum atomic E-state index is 9.64. The molecule has 1 rings (SSSR count). The van der Waals surface area contributed by atoms with E-state index in [4.69, 9.17) is 4.74 Å². The molecule has 0 aromatic heterocycles. The third kappa shape index (κ3) is 3.80. The molecule has 0 bridgehead atoms. The fourth-order valence-electron chi connectivity index (χ4n) is 1.64. The first kappa shape index (κ1) is 13.5. The molecule has 1 aromatic rings. The summed E-state index contributed by atoms with van der Waals surface area (Å²) in [5.74, 6) is 0.769. The van der Waals surface area contributed by atoms with Crippen LogP contribution in [0.3, 0.4) is 0 Å². The van der Waals surface area contributed by atoms with Gasteiger partial charge in [0.25, 0.3) is 0 Å². The van der Waals surface area contributed by atoms with Crippen LogP contribution in [0.1, 0.15) is 45.3 Å². The van der Waals surface area contributed by atoms with E-state index in [1.54, 1.807) is 6.92 Å². The van der Waals surface area contributed by atoms with Gasteiger partial charge in [0.15, 0.2) is 0 Å². The van der Waals surface area contributed by atoms with Crippen molar-refractivity contribution >= 4 is 15.9 Å². The van der Waals surface area contributed by atoms with Gasteiger partial charge in [-0.25, -0.2) is 0 Å². The van der Waals surface area contributed by atoms with Crippen molar-refractivity contribution < 1.29 is 9.84 Å². The zero-order valence-electron chi connectivity index (χ0n) is 10.0. The maximum Gasteiger partial charge on any atom is 0.126 e. The zero-order valence-corrected chi connectivity index (χ0v) is 11.6. The van der Waals surface area contributed by atoms with E-state index in [-0.39, 0.29) is 6.10 Å². The minimum Gasteiger partial charge on any atom is -0.490 e. The second kappa shape index (κ2) is 6.26. The molecular weight excluding hydrogens is 268 g/mol. The number of aliphatic hydroxyl groups is 1. The number of rotatable bonds is 5. The van der Waals surface area contributed by atoms with E-state index in [1.807, 2.05) is 18.2 Å². The third-order valence-corrected chi connectivity index (χ3v) is 2.94. The molecule has 0 saturated heterocycles. The standard InChI is InChI=1S/C13H19BrO2/c1-4-5-9(2)16-13-8-11(14)6-7-12(13)10(3)15/h6-10,15H,4-5H2,1-3H3/t9?,10-/m1/s1. The van der Waals surface area contributed by atoms with Gasteiger partial charge in [-0.3, -0.25) is 0 Å². The van der Waals surface area contributed by atoms with Crippen molar-refractivity contribution in [3.05, 3.63) is 28.2 Å². The zero-order chi connectivity index (χ0) is 12.1. The van der Waals surface area contributed by atoms with Crippen molar-refractivity contribution in [2.75, 3.05) is 0 Å². The lowest BCUT2D eigenvalue weighted by Crippen LogP contribution is -2.12. The summed E-state index contributed by atoms with van der Waals surface area (Å²) in [5, 5.41) is 9.64. The van der Waals surface area contributed by atoms with E-state index in [0.717, 1.165) is 28.6 Å². The molecule has 2 atom stereocenters. The largest absolute Gasteiger partial charge is 0.490 e. The van der Waals surface area contributed by atoms with Crippen LogP contribution in [0.5, 0.6) is 5.75 Å². The lowest BCUT2D eigenvalue weighted by Gasteiger charge is -2.18. The number of hydrogen-bond donors (Lipinski definition) is 1. The first-order valence-corrected chi connectivity index (χ1v) is 6.48. The van der Waals surface area contributed by atoms with E-state index in [2.05, 4.69) is 29.8 Å². The summed E-state index contributed by atoms with van der Waals surface area (Å²) in [6.45, 7) is 5.94. The van der Waals surface area contributed by atoms with Crippen LogP contribution in [0.15, 0.2) is 22.7 Å². The highest BCUT2D eigenvalue weighted by molar-refractivity contribution is 9.10. The second-order valence-corrected chi connectivity index (χ2v) is 4.99. The molecule has 1 unspecified atom stereocenters. The molecule has 0 aliphatic heterocycles. The Labute approximate surface area is 106 Å². The monoisotopic (exact) mass is 286 g/mol. The molecule has 0 aliphatic carbocycles. The normalized spacial score (nSPS) is 14.6. The van der Waals surface area contributed by atoms with Gasteiger partial charge in [0.1, 0.15) is 5.75 Å². The summed E-state index contributed by atoms with van der Waals surface area (Å²) in [6, 6.07) is 5.72. The molecule has 1 N–H and O–H groups in total. The van der Waals surface area contributed by atoms with Crippen LogP contribution in [-0.4, -0.2) is 11.2 Å². The predicted molar refractivity (Wildman–Crippen MR) is 69.8 cm³/mol. The van der Waals surface area contributed by atoms with Gasteiger partial charge in [-0.1, -0.05) is 35.3 Å². The van der Waals surface area contributed by atoms with Gasteiger partial charge in [-0.05, 0) is 32.4 Å². The average molecular weight is 287 g/mol. The summed E-state index contributed by atoms with van der Waals surface area (Å²) in [4.78, 5) is 0. The van der Waals surface area contributed by atoms with Gasteiger partial charge >= 0.3 is 0 Å². The number of aliphatic hydroxyl groups excluding tert-OH is 1. The molecule has 90 valence electrons. The van der Waals surface area contributed by atoms with Crippen molar-refractivity contribution in [3.63, 3.8) is 0 Å². The van der Waals surface area contributed by atoms with Gasteiger partial charge in [0, 0.05) is 10.0 Å². The molecule has 0 radical (unpaired) electrons. The Morgan fingerprint density at radius 2 is 2.06 bits per heavy atom. The Morgan fingerprint density at radius 1 is 1.38 bits per heavy atom. The lowest BCUT2D eigenvalue weighted by molar-refractivity contribution is 0.174. The first-order chi connectivity index (χ1) is 7.54. The summed E-state index contributed by atoms with van der Waals surface area (Å²) in [6.07, 6.45) is 1.79. The minimum absolute atomic E-state index is 0.178. The number of hydrogen-bond acceptors (Lipinski definition) is 2. The maximum absolute atomic E-state index is 9.64. The van der Waals surface area contributed by atoms with Gasteiger partial charge in [-0.2, -0.15) is 0 Å². The second-order valence-electron chi connectivity index (χ2n) is 4.08. The number of ether oxygens (including phenoxy) is 1. The molecule has 0 spiro atoms. The number of benzene rings is 1. The first-order valence-electron chi connectivity index (χ1n) is 5.68. The van der Waals surface area contributed by atoms with Crippen LogP contribution < -0.4 is 4.74 Å². The van der Waals surface area contributed by atoms with Crippen molar-refractivity contribution in [2.45, 2.75) is 45.8 Å². The summed E-state index contributed by atoms with van der Waals surface area (Å²) in [7, 11) is 0. The fourth-order valence-corrected chi connectivity index (χ4v) is 1.98. The van der Waals surface area contributed by atoms with E-state index < -0.39 is 6.10 Å². The summed E-state index contributed by atoms with van der Waals surface area (Å²) >= 11 is 3.41. The van der Waals surface area contributed by atoms with Gasteiger partial charge in [-0.15, -0.1) is 0 Å². The minimum atomic E-state index is -0.503. The summed E-state index contributed by atoms with van der Waals surface area (Å²) in [5.41, 5.74) is 0.839. The summed E-state index contributed by atoms with van der Waals surface area (Å²) < 4.78 is 6.81. The Kier molecular flexibility index (Phi) is 5.29. The van der Waals surface area contributed by atoms with Gasteiger partial charge in [0.05, 0.1) is 12.2 Å². The molecule has 0 amide bonds. The van der Waals surface area contributed by atoms with Crippen LogP contribution in [-0.2, 0) is 0 Å². The third-order valence-electron chi connectivity index (χ3n) is 2.45. The molecule has 0 aliphatic rings. The van der Waals surface area contributed by atoms with Crippen LogP contribution in [0.4, 0.5) is 0 Å². The average Bonchev–Trinajstić information content (AvgIpc) is 2.17. The predicted octanol–water partition coefficient (Wildman–Crippen LogP) is 4.07. The van der Waals surface area contributed by atoms with E-state index in [0.29, 0.717) is 0 Å². The molecular formula is C13H19BrO2. The smallest absolute Gasteiger partial charge is 0.126 e. The molecule has 0 saturated carbocycles. The Morgan fingerprint density at radius 3 is 2.62 bits per heavy atom. The number of halogens is 1. The SMILES string of the molecule is CCCC(C)Oc1cc(Br)ccc1[C@@H](C)O. The van der Waals surface area contributed by atoms with Crippen LogP contribution in [0.2, 0.25) is 0 Å². The quantitative estimate of drug-likeness (QED) is 0.884. The Bertz CT molecular complexity index is 337. The van der Waals surface area contributed by atoms with E-state index >= 15 is 0 Å². The van der Waals surface area contributed by atoms with Crippen LogP contribution >= 0.6 is 15.9 Å². The highest BCUT2D eigenvalue weighted by Gasteiger charge is 2.12. The van der Waals surface area contributed by atoms with Crippen LogP contribution in [0, 0.1) is 0 Å². The Hall–Kier alpha value is -0.540. The molecule has 1 aromatic carbocycles. The molecule has 3 heteroatoms.